The summed E-state index contributed by atoms with van der Waals surface area (Å²) in [7, 11) is 3.86. The number of hydrogen-bond donors (Lipinski definition) is 0. The molecule has 214 valence electrons. The van der Waals surface area contributed by atoms with Crippen LogP contribution in [0.1, 0.15) is 82.0 Å². The molecule has 1 saturated carbocycles. The lowest BCUT2D eigenvalue weighted by Gasteiger charge is -2.37. The Labute approximate surface area is 232 Å². The normalized spacial score (nSPS) is 28.0. The van der Waals surface area contributed by atoms with Crippen LogP contribution in [0.3, 0.4) is 0 Å². The molecule has 0 aromatic carbocycles. The molecular weight excluding hydrogens is 512 g/mol. The Morgan fingerprint density at radius 3 is 2.65 bits per heavy atom. The summed E-state index contributed by atoms with van der Waals surface area (Å²) < 4.78 is 21.5. The lowest BCUT2D eigenvalue weighted by molar-refractivity contribution is -0.127. The highest BCUT2D eigenvalue weighted by Crippen LogP contribution is 2.47. The summed E-state index contributed by atoms with van der Waals surface area (Å²) in [5, 5.41) is 4.51. The molecule has 0 amide bonds. The molecule has 11 heteroatoms. The van der Waals surface area contributed by atoms with Crippen LogP contribution in [-0.2, 0) is 28.4 Å². The molecule has 11 nitrogen and oxygen atoms in total. The van der Waals surface area contributed by atoms with Crippen molar-refractivity contribution in [3.63, 3.8) is 0 Å². The van der Waals surface area contributed by atoms with E-state index in [0.29, 0.717) is 48.3 Å². The fourth-order valence-electron chi connectivity index (χ4n) is 7.64. The summed E-state index contributed by atoms with van der Waals surface area (Å²) in [6, 6.07) is 0.142. The van der Waals surface area contributed by atoms with Gasteiger partial charge in [0.25, 0.3) is 0 Å². The number of carbonyl (C=O) groups is 1. The van der Waals surface area contributed by atoms with E-state index in [4.69, 9.17) is 24.0 Å². The van der Waals surface area contributed by atoms with Gasteiger partial charge in [-0.2, -0.15) is 4.98 Å². The van der Waals surface area contributed by atoms with Gasteiger partial charge < -0.3 is 14.0 Å². The van der Waals surface area contributed by atoms with E-state index in [9.17, 15) is 9.59 Å². The number of imidazole rings is 1. The number of fused-ring (bicyclic) bond motifs is 3. The Bertz CT molecular complexity index is 1520. The molecule has 4 aliphatic rings. The van der Waals surface area contributed by atoms with Gasteiger partial charge in [-0.1, -0.05) is 11.6 Å². The molecule has 3 fully saturated rings. The first-order valence-electron chi connectivity index (χ1n) is 14.9. The Morgan fingerprint density at radius 1 is 1.05 bits per heavy atom. The predicted octanol–water partition coefficient (Wildman–Crippen LogP) is 3.33. The Hall–Kier alpha value is -3.05. The molecule has 7 rings (SSSR count). The molecule has 2 aliphatic carbocycles. The summed E-state index contributed by atoms with van der Waals surface area (Å²) in [5.41, 5.74) is 2.04. The third-order valence-corrected chi connectivity index (χ3v) is 9.84. The highest BCUT2D eigenvalue weighted by molar-refractivity contribution is 5.91. The maximum absolute atomic E-state index is 13.6. The number of carbonyl (C=O) groups excluding carboxylic acids is 1. The largest absolute Gasteiger partial charge is 0.471 e. The van der Waals surface area contributed by atoms with Crippen molar-refractivity contribution in [2.24, 2.45) is 7.05 Å². The first kappa shape index (κ1) is 25.9. The van der Waals surface area contributed by atoms with Crippen molar-refractivity contribution >= 4 is 16.9 Å². The van der Waals surface area contributed by atoms with Gasteiger partial charge in [0.05, 0.1) is 18.1 Å². The average Bonchev–Trinajstić information content (AvgIpc) is 3.74. The fourth-order valence-corrected chi connectivity index (χ4v) is 7.64. The van der Waals surface area contributed by atoms with Crippen LogP contribution in [0.5, 0.6) is 5.88 Å². The number of likely N-dealkylation sites (tertiary alicyclic amines) is 1. The number of likely N-dealkylation sites (N-methyl/N-ethyl adjacent to an activating group) is 1. The number of hydrogen-bond acceptors (Lipinski definition) is 9. The highest BCUT2D eigenvalue weighted by Gasteiger charge is 2.48. The molecule has 0 unspecified atom stereocenters. The Balaban J connectivity index is 1.39. The first-order valence-corrected chi connectivity index (χ1v) is 14.9. The van der Waals surface area contributed by atoms with Gasteiger partial charge in [0, 0.05) is 31.7 Å². The molecule has 2 saturated heterocycles. The van der Waals surface area contributed by atoms with Crippen molar-refractivity contribution < 1.29 is 18.8 Å². The van der Waals surface area contributed by atoms with Crippen molar-refractivity contribution in [2.75, 3.05) is 26.8 Å². The molecule has 5 heterocycles. The van der Waals surface area contributed by atoms with E-state index in [0.717, 1.165) is 75.6 Å². The lowest BCUT2D eigenvalue weighted by atomic mass is 9.64. The number of rotatable bonds is 5. The third kappa shape index (κ3) is 3.88. The molecule has 3 aromatic heterocycles. The van der Waals surface area contributed by atoms with Crippen LogP contribution in [0, 0.1) is 0 Å². The predicted molar refractivity (Wildman–Crippen MR) is 147 cm³/mol. The minimum absolute atomic E-state index is 0.114. The summed E-state index contributed by atoms with van der Waals surface area (Å²) in [6.07, 6.45) is 8.57. The molecular formula is C29H38N6O5. The summed E-state index contributed by atoms with van der Waals surface area (Å²) in [6.45, 7) is 4.16. The minimum atomic E-state index is -0.561. The molecule has 1 spiro atoms. The van der Waals surface area contributed by atoms with E-state index < -0.39 is 5.41 Å². The van der Waals surface area contributed by atoms with E-state index in [1.807, 2.05) is 0 Å². The quantitative estimate of drug-likeness (QED) is 0.471. The van der Waals surface area contributed by atoms with Crippen molar-refractivity contribution in [1.82, 2.24) is 29.2 Å². The van der Waals surface area contributed by atoms with Crippen LogP contribution in [0.15, 0.2) is 9.32 Å². The van der Waals surface area contributed by atoms with Crippen molar-refractivity contribution in [1.29, 1.82) is 0 Å². The second-order valence-electron chi connectivity index (χ2n) is 12.2. The van der Waals surface area contributed by atoms with Crippen molar-refractivity contribution in [2.45, 2.75) is 94.7 Å². The first-order chi connectivity index (χ1) is 19.4. The van der Waals surface area contributed by atoms with E-state index >= 15 is 0 Å². The van der Waals surface area contributed by atoms with E-state index in [2.05, 4.69) is 24.0 Å². The topological polar surface area (TPSA) is 118 Å². The minimum Gasteiger partial charge on any atom is -0.471 e. The van der Waals surface area contributed by atoms with Crippen LogP contribution in [0.4, 0.5) is 0 Å². The van der Waals surface area contributed by atoms with E-state index in [1.54, 1.807) is 16.2 Å². The van der Waals surface area contributed by atoms with Crippen LogP contribution >= 0.6 is 0 Å². The van der Waals surface area contributed by atoms with Gasteiger partial charge in [0.1, 0.15) is 17.6 Å². The average molecular weight is 551 g/mol. The van der Waals surface area contributed by atoms with E-state index in [-0.39, 0.29) is 29.7 Å². The van der Waals surface area contributed by atoms with Crippen LogP contribution in [0.25, 0.3) is 22.7 Å². The number of aromatic nitrogens is 5. The van der Waals surface area contributed by atoms with Gasteiger partial charge in [0.15, 0.2) is 11.2 Å². The van der Waals surface area contributed by atoms with Gasteiger partial charge in [-0.05, 0) is 71.9 Å². The van der Waals surface area contributed by atoms with Crippen molar-refractivity contribution in [3.05, 3.63) is 21.7 Å². The zero-order valence-electron chi connectivity index (χ0n) is 23.6. The van der Waals surface area contributed by atoms with Gasteiger partial charge in [-0.25, -0.2) is 9.78 Å². The molecule has 3 aromatic rings. The molecule has 0 radical (unpaired) electrons. The summed E-state index contributed by atoms with van der Waals surface area (Å²) in [5.74, 6) is 1.47. The molecule has 2 aliphatic heterocycles. The Kier molecular flexibility index (Phi) is 6.34. The van der Waals surface area contributed by atoms with Gasteiger partial charge >= 0.3 is 5.69 Å². The standard InChI is InChI=1S/C29H38N6O5/c1-17(20-9-7-14-33(20)2)39-27-22-26(35(28(37)34(22)3)18-11-15-38-16-18)30-25(31-27)23-19-8-6-13-29(24(19)32-40-23)12-5-4-10-21(29)36/h17-18,20H,4-16H2,1-3H3/t17-,18+,20-,29+/m0/s1. The summed E-state index contributed by atoms with van der Waals surface area (Å²) >= 11 is 0. The molecule has 4 atom stereocenters. The monoisotopic (exact) mass is 550 g/mol. The molecule has 0 N–H and O–H groups in total. The Morgan fingerprint density at radius 2 is 1.90 bits per heavy atom. The lowest BCUT2D eigenvalue weighted by Crippen LogP contribution is -2.41. The third-order valence-electron chi connectivity index (χ3n) is 9.84. The van der Waals surface area contributed by atoms with Gasteiger partial charge in [0.2, 0.25) is 17.5 Å². The number of aryl methyl sites for hydroxylation is 1. The second kappa shape index (κ2) is 9.80. The SMILES string of the molecule is C[C@H](Oc1nc(-c2onc3c2CCC[C@@]32CCCCC2=O)nc2c1n(C)c(=O)n2[C@@H]1CCOC1)[C@@H]1CCCN1C. The molecule has 40 heavy (non-hydrogen) atoms. The maximum atomic E-state index is 13.6. The molecule has 0 bridgehead atoms. The number of Topliss-reactive ketones (excluding diaryl/α,β-unsaturated/α-hetero) is 1. The van der Waals surface area contributed by atoms with Crippen LogP contribution < -0.4 is 10.4 Å². The number of ketones is 1. The number of nitrogens with zero attached hydrogens (tertiary/aromatic N) is 6. The number of ether oxygens (including phenoxy) is 2. The zero-order valence-corrected chi connectivity index (χ0v) is 23.6. The van der Waals surface area contributed by atoms with Crippen LogP contribution in [0.2, 0.25) is 0 Å². The summed E-state index contributed by atoms with van der Waals surface area (Å²) in [4.78, 5) is 39.0. The van der Waals surface area contributed by atoms with Crippen LogP contribution in [-0.4, -0.2) is 73.9 Å². The fraction of sp³-hybridized carbons (Fsp3) is 0.690. The zero-order chi connectivity index (χ0) is 27.6. The maximum Gasteiger partial charge on any atom is 0.330 e. The van der Waals surface area contributed by atoms with E-state index in [1.165, 1.54) is 0 Å². The highest BCUT2D eigenvalue weighted by atomic mass is 16.5. The van der Waals surface area contributed by atoms with Crippen molar-refractivity contribution in [3.8, 4) is 17.5 Å². The second-order valence-corrected chi connectivity index (χ2v) is 12.2. The smallest absolute Gasteiger partial charge is 0.330 e. The van der Waals surface area contributed by atoms with Gasteiger partial charge in [-0.15, -0.1) is 0 Å². The van der Waals surface area contributed by atoms with Gasteiger partial charge in [-0.3, -0.25) is 18.8 Å².